The Balaban J connectivity index is 1.64. The molecule has 0 saturated heterocycles. The highest BCUT2D eigenvalue weighted by Crippen LogP contribution is 2.31. The maximum atomic E-state index is 12.7. The molecule has 0 unspecified atom stereocenters. The molecule has 0 aliphatic heterocycles. The number of amides is 1. The molecule has 0 spiro atoms. The van der Waals surface area contributed by atoms with Gasteiger partial charge in [-0.2, -0.15) is 0 Å². The lowest BCUT2D eigenvalue weighted by molar-refractivity contribution is 0.102. The van der Waals surface area contributed by atoms with Crippen LogP contribution in [-0.4, -0.2) is 49.1 Å². The highest BCUT2D eigenvalue weighted by Gasteiger charge is 2.14. The van der Waals surface area contributed by atoms with Gasteiger partial charge in [-0.15, -0.1) is 11.3 Å². The molecule has 1 heterocycles. The van der Waals surface area contributed by atoms with Crippen LogP contribution in [0.1, 0.15) is 37.2 Å². The standard InChI is InChI=1S/C25H31N3O3S/c1-4-13-28(14-5-2)15-16-31-23-17-20(11-12-22(23)30-3)26-24(29)21-18-32-25(27-21)19-9-7-6-8-10-19/h6-12,17-18H,4-5,13-16H2,1-3H3,(H,26,29). The fourth-order valence-corrected chi connectivity index (χ4v) is 4.21. The van der Waals surface area contributed by atoms with Gasteiger partial charge in [0.15, 0.2) is 11.5 Å². The fourth-order valence-electron chi connectivity index (χ4n) is 3.41. The molecule has 1 N–H and O–H groups in total. The molecule has 6 nitrogen and oxygen atoms in total. The van der Waals surface area contributed by atoms with Gasteiger partial charge in [-0.05, 0) is 38.1 Å². The first kappa shape index (κ1) is 23.8. The topological polar surface area (TPSA) is 63.7 Å². The van der Waals surface area contributed by atoms with Gasteiger partial charge in [-0.25, -0.2) is 4.98 Å². The van der Waals surface area contributed by atoms with Gasteiger partial charge >= 0.3 is 0 Å². The average molecular weight is 454 g/mol. The molecule has 3 aromatic rings. The summed E-state index contributed by atoms with van der Waals surface area (Å²) in [6.45, 7) is 7.89. The molecule has 3 rings (SSSR count). The number of ether oxygens (including phenoxy) is 2. The van der Waals surface area contributed by atoms with E-state index in [-0.39, 0.29) is 5.91 Å². The van der Waals surface area contributed by atoms with Crippen molar-refractivity contribution in [2.45, 2.75) is 26.7 Å². The molecule has 0 aliphatic carbocycles. The van der Waals surface area contributed by atoms with E-state index < -0.39 is 0 Å². The first-order valence-electron chi connectivity index (χ1n) is 11.0. The molecule has 0 fully saturated rings. The normalized spacial score (nSPS) is 10.9. The number of hydrogen-bond donors (Lipinski definition) is 1. The quantitative estimate of drug-likeness (QED) is 0.388. The maximum Gasteiger partial charge on any atom is 0.275 e. The molecule has 170 valence electrons. The molecule has 2 aromatic carbocycles. The van der Waals surface area contributed by atoms with Crippen molar-refractivity contribution in [2.75, 3.05) is 38.7 Å². The summed E-state index contributed by atoms with van der Waals surface area (Å²) in [5.74, 6) is 0.999. The molecule has 0 saturated carbocycles. The van der Waals surface area contributed by atoms with Crippen molar-refractivity contribution in [2.24, 2.45) is 0 Å². The summed E-state index contributed by atoms with van der Waals surface area (Å²) in [4.78, 5) is 19.6. The van der Waals surface area contributed by atoms with Gasteiger partial charge in [-0.1, -0.05) is 44.2 Å². The first-order chi connectivity index (χ1) is 15.6. The minimum atomic E-state index is -0.253. The number of thiazole rings is 1. The number of anilines is 1. The van der Waals surface area contributed by atoms with E-state index in [1.165, 1.54) is 11.3 Å². The number of hydrogen-bond acceptors (Lipinski definition) is 6. The zero-order valence-corrected chi connectivity index (χ0v) is 19.8. The van der Waals surface area contributed by atoms with Crippen LogP contribution in [0.3, 0.4) is 0 Å². The van der Waals surface area contributed by atoms with Crippen LogP contribution in [0, 0.1) is 0 Å². The van der Waals surface area contributed by atoms with Crippen LogP contribution in [0.2, 0.25) is 0 Å². The fraction of sp³-hybridized carbons (Fsp3) is 0.360. The van der Waals surface area contributed by atoms with E-state index in [0.29, 0.717) is 29.5 Å². The van der Waals surface area contributed by atoms with Crippen LogP contribution in [0.5, 0.6) is 11.5 Å². The van der Waals surface area contributed by atoms with Crippen LogP contribution < -0.4 is 14.8 Å². The van der Waals surface area contributed by atoms with Crippen LogP contribution in [0.15, 0.2) is 53.9 Å². The summed E-state index contributed by atoms with van der Waals surface area (Å²) in [6, 6.07) is 15.2. The number of nitrogens with zero attached hydrogens (tertiary/aromatic N) is 2. The summed E-state index contributed by atoms with van der Waals surface area (Å²) in [5.41, 5.74) is 2.03. The largest absolute Gasteiger partial charge is 0.493 e. The molecule has 0 aliphatic rings. The van der Waals surface area contributed by atoms with Crippen molar-refractivity contribution in [3.63, 3.8) is 0 Å². The summed E-state index contributed by atoms with van der Waals surface area (Å²) in [7, 11) is 1.61. The second kappa shape index (κ2) is 12.2. The van der Waals surface area contributed by atoms with E-state index in [1.54, 1.807) is 30.7 Å². The van der Waals surface area contributed by atoms with Gasteiger partial charge in [-0.3, -0.25) is 9.69 Å². The van der Waals surface area contributed by atoms with E-state index >= 15 is 0 Å². The molecule has 1 aromatic heterocycles. The van der Waals surface area contributed by atoms with Gasteiger partial charge in [0.25, 0.3) is 5.91 Å². The molecular weight excluding hydrogens is 422 g/mol. The molecule has 0 atom stereocenters. The number of rotatable bonds is 12. The highest BCUT2D eigenvalue weighted by molar-refractivity contribution is 7.13. The third-order valence-electron chi connectivity index (χ3n) is 4.92. The van der Waals surface area contributed by atoms with Crippen LogP contribution in [0.4, 0.5) is 5.69 Å². The molecule has 32 heavy (non-hydrogen) atoms. The molecular formula is C25H31N3O3S. The minimum absolute atomic E-state index is 0.253. The van der Waals surface area contributed by atoms with Crippen LogP contribution >= 0.6 is 11.3 Å². The summed E-state index contributed by atoms with van der Waals surface area (Å²) in [6.07, 6.45) is 2.24. The number of benzene rings is 2. The lowest BCUT2D eigenvalue weighted by Gasteiger charge is -2.21. The van der Waals surface area contributed by atoms with Crippen molar-refractivity contribution >= 4 is 22.9 Å². The SMILES string of the molecule is CCCN(CCC)CCOc1cc(NC(=O)c2csc(-c3ccccc3)n2)ccc1OC. The predicted octanol–water partition coefficient (Wildman–Crippen LogP) is 5.57. The van der Waals surface area contributed by atoms with E-state index in [0.717, 1.165) is 43.0 Å². The van der Waals surface area contributed by atoms with E-state index in [4.69, 9.17) is 9.47 Å². The van der Waals surface area contributed by atoms with Crippen molar-refractivity contribution in [3.8, 4) is 22.1 Å². The Morgan fingerprint density at radius 2 is 1.78 bits per heavy atom. The highest BCUT2D eigenvalue weighted by atomic mass is 32.1. The van der Waals surface area contributed by atoms with E-state index in [2.05, 4.69) is 29.0 Å². The average Bonchev–Trinajstić information content (AvgIpc) is 3.31. The Bertz CT molecular complexity index is 985. The zero-order valence-electron chi connectivity index (χ0n) is 19.0. The molecule has 0 radical (unpaired) electrons. The number of carbonyl (C=O) groups excluding carboxylic acids is 1. The molecule has 1 amide bonds. The van der Waals surface area contributed by atoms with Gasteiger partial charge in [0.05, 0.1) is 7.11 Å². The molecule has 0 bridgehead atoms. The van der Waals surface area contributed by atoms with Gasteiger partial charge in [0, 0.05) is 29.2 Å². The molecule has 7 heteroatoms. The Morgan fingerprint density at radius 3 is 2.47 bits per heavy atom. The Labute approximate surface area is 194 Å². The van der Waals surface area contributed by atoms with Crippen LogP contribution in [-0.2, 0) is 0 Å². The monoisotopic (exact) mass is 453 g/mol. The van der Waals surface area contributed by atoms with Crippen molar-refractivity contribution in [1.82, 2.24) is 9.88 Å². The number of methoxy groups -OCH3 is 1. The smallest absolute Gasteiger partial charge is 0.275 e. The number of carbonyl (C=O) groups is 1. The first-order valence-corrected chi connectivity index (χ1v) is 11.9. The summed E-state index contributed by atoms with van der Waals surface area (Å²) < 4.78 is 11.4. The van der Waals surface area contributed by atoms with Crippen LogP contribution in [0.25, 0.3) is 10.6 Å². The third-order valence-corrected chi connectivity index (χ3v) is 5.82. The second-order valence-corrected chi connectivity index (χ2v) is 8.27. The van der Waals surface area contributed by atoms with Crippen molar-refractivity contribution in [1.29, 1.82) is 0 Å². The number of aromatic nitrogens is 1. The van der Waals surface area contributed by atoms with Crippen molar-refractivity contribution in [3.05, 3.63) is 59.6 Å². The lowest BCUT2D eigenvalue weighted by Crippen LogP contribution is -2.30. The second-order valence-electron chi connectivity index (χ2n) is 7.41. The van der Waals surface area contributed by atoms with Gasteiger partial charge < -0.3 is 14.8 Å². The lowest BCUT2D eigenvalue weighted by atomic mass is 10.2. The zero-order chi connectivity index (χ0) is 22.8. The van der Waals surface area contributed by atoms with Gasteiger partial charge in [0.2, 0.25) is 0 Å². The number of nitrogens with one attached hydrogen (secondary N) is 1. The van der Waals surface area contributed by atoms with Gasteiger partial charge in [0.1, 0.15) is 17.3 Å². The third kappa shape index (κ3) is 6.55. The summed E-state index contributed by atoms with van der Waals surface area (Å²) in [5, 5.41) is 5.50. The minimum Gasteiger partial charge on any atom is -0.493 e. The predicted molar refractivity (Wildman–Crippen MR) is 131 cm³/mol. The Morgan fingerprint density at radius 1 is 1.03 bits per heavy atom. The van der Waals surface area contributed by atoms with E-state index in [1.807, 2.05) is 30.3 Å². The Kier molecular flexibility index (Phi) is 9.07. The maximum absolute atomic E-state index is 12.7. The van der Waals surface area contributed by atoms with E-state index in [9.17, 15) is 4.79 Å². The van der Waals surface area contributed by atoms with Crippen molar-refractivity contribution < 1.29 is 14.3 Å². The summed E-state index contributed by atoms with van der Waals surface area (Å²) >= 11 is 1.45. The Hall–Kier alpha value is -2.90.